The summed E-state index contributed by atoms with van der Waals surface area (Å²) >= 11 is 0. The first-order valence-electron chi connectivity index (χ1n) is 6.71. The van der Waals surface area contributed by atoms with Crippen molar-refractivity contribution in [2.45, 2.75) is 46.1 Å². The molecule has 0 aliphatic carbocycles. The number of hydrogen-bond donors (Lipinski definition) is 0. The second kappa shape index (κ2) is 7.08. The quantitative estimate of drug-likeness (QED) is 0.770. The van der Waals surface area contributed by atoms with Crippen LogP contribution in [-0.4, -0.2) is 12.6 Å². The van der Waals surface area contributed by atoms with Gasteiger partial charge in [0.05, 0.1) is 11.3 Å². The zero-order valence-corrected chi connectivity index (χ0v) is 11.7. The Kier molecular flexibility index (Phi) is 5.75. The normalized spacial score (nSPS) is 12.0. The molecule has 1 unspecified atom stereocenters. The molecule has 0 saturated heterocycles. The Morgan fingerprint density at radius 1 is 1.26 bits per heavy atom. The first-order valence-corrected chi connectivity index (χ1v) is 6.71. The predicted molar refractivity (Wildman–Crippen MR) is 73.1 cm³/mol. The summed E-state index contributed by atoms with van der Waals surface area (Å²) in [5.41, 5.74) is 0.000132. The first-order chi connectivity index (χ1) is 9.06. The lowest BCUT2D eigenvalue weighted by Crippen LogP contribution is -2.34. The molecule has 0 aromatic heterocycles. The molecule has 1 atom stereocenters. The number of rotatable bonds is 6. The third kappa shape index (κ3) is 3.44. The lowest BCUT2D eigenvalue weighted by atomic mass is 10.1. The van der Waals surface area contributed by atoms with Crippen LogP contribution < -0.4 is 4.90 Å². The van der Waals surface area contributed by atoms with E-state index in [9.17, 15) is 8.78 Å². The molecular weight excluding hydrogens is 246 g/mol. The number of benzene rings is 1. The topological polar surface area (TPSA) is 27.0 Å². The highest BCUT2D eigenvalue weighted by atomic mass is 19.2. The molecular formula is C15H20F2N2. The Bertz CT molecular complexity index is 466. The van der Waals surface area contributed by atoms with Crippen LogP contribution in [0.15, 0.2) is 12.1 Å². The van der Waals surface area contributed by atoms with E-state index in [-0.39, 0.29) is 17.3 Å². The summed E-state index contributed by atoms with van der Waals surface area (Å²) in [4.78, 5) is 1.88. The minimum atomic E-state index is -1.05. The lowest BCUT2D eigenvalue weighted by molar-refractivity contribution is 0.495. The van der Waals surface area contributed by atoms with Crippen LogP contribution in [0.3, 0.4) is 0 Å². The van der Waals surface area contributed by atoms with E-state index in [0.717, 1.165) is 19.3 Å². The Labute approximate surface area is 113 Å². The standard InChI is InChI=1S/C15H20F2N2/c1-4-6-9-19(11(3)5-2)13-8-7-12(10-18)14(16)15(13)17/h7-8,11H,4-6,9H2,1-3H3. The van der Waals surface area contributed by atoms with Gasteiger partial charge in [0.25, 0.3) is 0 Å². The van der Waals surface area contributed by atoms with Crippen LogP contribution in [0.5, 0.6) is 0 Å². The molecule has 0 bridgehead atoms. The predicted octanol–water partition coefficient (Wildman–Crippen LogP) is 4.24. The van der Waals surface area contributed by atoms with Crippen molar-refractivity contribution in [3.63, 3.8) is 0 Å². The fraction of sp³-hybridized carbons (Fsp3) is 0.533. The second-order valence-electron chi connectivity index (χ2n) is 4.68. The summed E-state index contributed by atoms with van der Waals surface area (Å²) in [6.07, 6.45) is 2.77. The summed E-state index contributed by atoms with van der Waals surface area (Å²) in [5, 5.41) is 8.70. The van der Waals surface area contributed by atoms with Crippen LogP contribution in [-0.2, 0) is 0 Å². The van der Waals surface area contributed by atoms with Crippen LogP contribution >= 0.6 is 0 Å². The van der Waals surface area contributed by atoms with E-state index < -0.39 is 11.6 Å². The summed E-state index contributed by atoms with van der Waals surface area (Å²) < 4.78 is 27.7. The molecule has 0 amide bonds. The van der Waals surface area contributed by atoms with Gasteiger partial charge >= 0.3 is 0 Å². The molecule has 0 radical (unpaired) electrons. The maximum atomic E-state index is 14.1. The van der Waals surface area contributed by atoms with Gasteiger partial charge in [0.15, 0.2) is 11.6 Å². The number of nitriles is 1. The second-order valence-corrected chi connectivity index (χ2v) is 4.68. The van der Waals surface area contributed by atoms with E-state index in [2.05, 4.69) is 6.92 Å². The number of hydrogen-bond acceptors (Lipinski definition) is 2. The van der Waals surface area contributed by atoms with Crippen LogP contribution in [0.2, 0.25) is 0 Å². The van der Waals surface area contributed by atoms with E-state index in [1.165, 1.54) is 12.1 Å². The van der Waals surface area contributed by atoms with Gasteiger partial charge in [0.2, 0.25) is 0 Å². The molecule has 104 valence electrons. The third-order valence-corrected chi connectivity index (χ3v) is 3.37. The zero-order valence-electron chi connectivity index (χ0n) is 11.7. The monoisotopic (exact) mass is 266 g/mol. The molecule has 0 aliphatic rings. The lowest BCUT2D eigenvalue weighted by Gasteiger charge is -2.31. The van der Waals surface area contributed by atoms with Crippen LogP contribution in [0.25, 0.3) is 0 Å². The van der Waals surface area contributed by atoms with Crippen LogP contribution in [0.1, 0.15) is 45.6 Å². The largest absolute Gasteiger partial charge is 0.366 e. The van der Waals surface area contributed by atoms with Crippen molar-refractivity contribution in [1.82, 2.24) is 0 Å². The smallest absolute Gasteiger partial charge is 0.183 e. The fourth-order valence-corrected chi connectivity index (χ4v) is 1.97. The van der Waals surface area contributed by atoms with Gasteiger partial charge < -0.3 is 4.90 Å². The van der Waals surface area contributed by atoms with Gasteiger partial charge in [-0.2, -0.15) is 5.26 Å². The van der Waals surface area contributed by atoms with Gasteiger partial charge in [0, 0.05) is 12.6 Å². The molecule has 1 rings (SSSR count). The van der Waals surface area contributed by atoms with Gasteiger partial charge in [-0.05, 0) is 31.9 Å². The molecule has 0 saturated carbocycles. The molecule has 0 N–H and O–H groups in total. The molecule has 0 heterocycles. The molecule has 1 aromatic rings. The Hall–Kier alpha value is -1.63. The molecule has 0 fully saturated rings. The maximum absolute atomic E-state index is 14.1. The molecule has 19 heavy (non-hydrogen) atoms. The Morgan fingerprint density at radius 3 is 2.47 bits per heavy atom. The number of anilines is 1. The summed E-state index contributed by atoms with van der Waals surface area (Å²) in [6.45, 7) is 6.75. The first kappa shape index (κ1) is 15.4. The highest BCUT2D eigenvalue weighted by molar-refractivity contribution is 5.52. The van der Waals surface area contributed by atoms with Crippen molar-refractivity contribution in [3.8, 4) is 6.07 Å². The van der Waals surface area contributed by atoms with Gasteiger partial charge in [-0.3, -0.25) is 0 Å². The third-order valence-electron chi connectivity index (χ3n) is 3.37. The minimum Gasteiger partial charge on any atom is -0.366 e. The number of halogens is 2. The molecule has 2 nitrogen and oxygen atoms in total. The van der Waals surface area contributed by atoms with E-state index in [1.54, 1.807) is 6.07 Å². The molecule has 0 aliphatic heterocycles. The van der Waals surface area contributed by atoms with Gasteiger partial charge in [-0.15, -0.1) is 0 Å². The average molecular weight is 266 g/mol. The van der Waals surface area contributed by atoms with E-state index in [1.807, 2.05) is 18.7 Å². The Balaban J connectivity index is 3.16. The van der Waals surface area contributed by atoms with Gasteiger partial charge in [0.1, 0.15) is 6.07 Å². The van der Waals surface area contributed by atoms with Crippen molar-refractivity contribution in [2.24, 2.45) is 0 Å². The number of unbranched alkanes of at least 4 members (excludes halogenated alkanes) is 1. The van der Waals surface area contributed by atoms with E-state index in [0.29, 0.717) is 6.54 Å². The van der Waals surface area contributed by atoms with E-state index in [4.69, 9.17) is 5.26 Å². The molecule has 1 aromatic carbocycles. The highest BCUT2D eigenvalue weighted by Gasteiger charge is 2.20. The van der Waals surface area contributed by atoms with Crippen molar-refractivity contribution >= 4 is 5.69 Å². The SMILES string of the molecule is CCCCN(c1ccc(C#N)c(F)c1F)C(C)CC. The van der Waals surface area contributed by atoms with Crippen molar-refractivity contribution in [2.75, 3.05) is 11.4 Å². The fourth-order valence-electron chi connectivity index (χ4n) is 1.97. The van der Waals surface area contributed by atoms with Crippen LogP contribution in [0.4, 0.5) is 14.5 Å². The van der Waals surface area contributed by atoms with Crippen LogP contribution in [0, 0.1) is 23.0 Å². The minimum absolute atomic E-state index is 0.133. The molecule has 0 spiro atoms. The summed E-state index contributed by atoms with van der Waals surface area (Å²) in [7, 11) is 0. The average Bonchev–Trinajstić information content (AvgIpc) is 2.43. The molecule has 4 heteroatoms. The zero-order chi connectivity index (χ0) is 14.4. The summed E-state index contributed by atoms with van der Waals surface area (Å²) in [6, 6.07) is 4.63. The van der Waals surface area contributed by atoms with Gasteiger partial charge in [-0.1, -0.05) is 20.3 Å². The van der Waals surface area contributed by atoms with Gasteiger partial charge in [-0.25, -0.2) is 8.78 Å². The van der Waals surface area contributed by atoms with Crippen molar-refractivity contribution < 1.29 is 8.78 Å². The highest BCUT2D eigenvalue weighted by Crippen LogP contribution is 2.26. The van der Waals surface area contributed by atoms with Crippen molar-refractivity contribution in [3.05, 3.63) is 29.3 Å². The Morgan fingerprint density at radius 2 is 1.95 bits per heavy atom. The summed E-state index contributed by atoms with van der Waals surface area (Å²) in [5.74, 6) is -1.97. The van der Waals surface area contributed by atoms with Crippen molar-refractivity contribution in [1.29, 1.82) is 5.26 Å². The maximum Gasteiger partial charge on any atom is 0.183 e. The van der Waals surface area contributed by atoms with E-state index >= 15 is 0 Å². The number of nitrogens with zero attached hydrogens (tertiary/aromatic N) is 2.